The average molecular weight is 366 g/mol. The first-order chi connectivity index (χ1) is 10.6. The molecular weight excluding hydrogens is 346 g/mol. The Kier molecular flexibility index (Phi) is 6.15. The number of nitrogens with zero attached hydrogens (tertiary/aromatic N) is 1. The normalized spacial score (nSPS) is 10.7. The maximum Gasteiger partial charge on any atom is 0.220 e. The van der Waals surface area contributed by atoms with Crippen molar-refractivity contribution in [2.75, 3.05) is 20.1 Å². The molecule has 0 saturated carbocycles. The summed E-state index contributed by atoms with van der Waals surface area (Å²) >= 11 is 3.41. The predicted molar refractivity (Wildman–Crippen MR) is 89.6 cm³/mol. The topological polar surface area (TPSA) is 67.2 Å². The van der Waals surface area contributed by atoms with E-state index in [2.05, 4.69) is 31.5 Å². The van der Waals surface area contributed by atoms with Crippen molar-refractivity contribution in [1.82, 2.24) is 15.6 Å². The Balaban J connectivity index is 1.95. The third kappa shape index (κ3) is 4.68. The van der Waals surface area contributed by atoms with Gasteiger partial charge in [0.1, 0.15) is 0 Å². The Labute approximate surface area is 138 Å². The first-order valence-corrected chi connectivity index (χ1v) is 8.03. The molecule has 2 N–H and O–H groups in total. The second kappa shape index (κ2) is 8.10. The summed E-state index contributed by atoms with van der Waals surface area (Å²) < 4.78 is 6.82. The summed E-state index contributed by atoms with van der Waals surface area (Å²) in [6.45, 7) is 3.30. The van der Waals surface area contributed by atoms with Crippen molar-refractivity contribution in [3.63, 3.8) is 0 Å². The second-order valence-electron chi connectivity index (χ2n) is 4.98. The summed E-state index contributed by atoms with van der Waals surface area (Å²) in [7, 11) is 1.85. The number of carbonyl (C=O) groups is 1. The van der Waals surface area contributed by atoms with Crippen molar-refractivity contribution < 1.29 is 9.21 Å². The summed E-state index contributed by atoms with van der Waals surface area (Å²) in [5, 5.41) is 5.82. The van der Waals surface area contributed by atoms with Crippen molar-refractivity contribution in [2.45, 2.75) is 19.8 Å². The van der Waals surface area contributed by atoms with Crippen molar-refractivity contribution in [1.29, 1.82) is 0 Å². The van der Waals surface area contributed by atoms with E-state index in [1.807, 2.05) is 38.2 Å². The van der Waals surface area contributed by atoms with E-state index < -0.39 is 0 Å². The van der Waals surface area contributed by atoms with Crippen molar-refractivity contribution in [3.05, 3.63) is 40.3 Å². The Bertz CT molecular complexity index is 623. The lowest BCUT2D eigenvalue weighted by Gasteiger charge is -2.03. The highest BCUT2D eigenvalue weighted by atomic mass is 79.9. The number of benzene rings is 1. The van der Waals surface area contributed by atoms with Crippen LogP contribution in [0.25, 0.3) is 11.3 Å². The Morgan fingerprint density at radius 1 is 1.27 bits per heavy atom. The van der Waals surface area contributed by atoms with Gasteiger partial charge in [-0.05, 0) is 26.1 Å². The Morgan fingerprint density at radius 3 is 2.68 bits per heavy atom. The highest BCUT2D eigenvalue weighted by Gasteiger charge is 2.12. The molecule has 0 saturated heterocycles. The molecule has 0 aliphatic carbocycles. The molecule has 6 heteroatoms. The lowest BCUT2D eigenvalue weighted by molar-refractivity contribution is -0.121. The molecule has 1 aromatic carbocycles. The number of aromatic nitrogens is 1. The van der Waals surface area contributed by atoms with E-state index in [4.69, 9.17) is 4.42 Å². The van der Waals surface area contributed by atoms with Gasteiger partial charge in [-0.3, -0.25) is 4.79 Å². The molecule has 0 fully saturated rings. The summed E-state index contributed by atoms with van der Waals surface area (Å²) in [5.74, 6) is 1.37. The smallest absolute Gasteiger partial charge is 0.220 e. The van der Waals surface area contributed by atoms with Gasteiger partial charge in [0.25, 0.3) is 0 Å². The molecule has 0 bridgehead atoms. The maximum absolute atomic E-state index is 11.7. The molecule has 2 aromatic rings. The molecule has 0 radical (unpaired) electrons. The van der Waals surface area contributed by atoms with Gasteiger partial charge in [0, 0.05) is 36.0 Å². The fraction of sp³-hybridized carbons (Fsp3) is 0.375. The van der Waals surface area contributed by atoms with Gasteiger partial charge in [-0.2, -0.15) is 0 Å². The molecule has 1 amide bonds. The highest BCUT2D eigenvalue weighted by Crippen LogP contribution is 2.26. The van der Waals surface area contributed by atoms with Gasteiger partial charge >= 0.3 is 0 Å². The number of halogens is 1. The number of hydrogen-bond acceptors (Lipinski definition) is 4. The number of oxazole rings is 1. The molecule has 2 rings (SSSR count). The third-order valence-electron chi connectivity index (χ3n) is 3.21. The molecule has 0 spiro atoms. The SMILES string of the molecule is CNCCNC(=O)CCc1nc(C)c(-c2ccc(Br)cc2)o1. The van der Waals surface area contributed by atoms with E-state index in [-0.39, 0.29) is 5.91 Å². The minimum Gasteiger partial charge on any atom is -0.440 e. The number of nitrogens with one attached hydrogen (secondary N) is 2. The predicted octanol–water partition coefficient (Wildman–Crippen LogP) is 2.68. The molecule has 1 heterocycles. The van der Waals surface area contributed by atoms with E-state index in [9.17, 15) is 4.79 Å². The minimum absolute atomic E-state index is 0.0105. The number of hydrogen-bond donors (Lipinski definition) is 2. The van der Waals surface area contributed by atoms with Crippen LogP contribution in [0.5, 0.6) is 0 Å². The van der Waals surface area contributed by atoms with Gasteiger partial charge in [0.15, 0.2) is 11.7 Å². The van der Waals surface area contributed by atoms with Crippen LogP contribution in [0.15, 0.2) is 33.2 Å². The first kappa shape index (κ1) is 16.7. The Hall–Kier alpha value is -1.66. The average Bonchev–Trinajstić information content (AvgIpc) is 2.87. The lowest BCUT2D eigenvalue weighted by Crippen LogP contribution is -2.30. The monoisotopic (exact) mass is 365 g/mol. The van der Waals surface area contributed by atoms with Crippen molar-refractivity contribution in [3.8, 4) is 11.3 Å². The van der Waals surface area contributed by atoms with Crippen LogP contribution in [-0.2, 0) is 11.2 Å². The number of carbonyl (C=O) groups excluding carboxylic acids is 1. The fourth-order valence-electron chi connectivity index (χ4n) is 2.06. The molecular formula is C16H20BrN3O2. The van der Waals surface area contributed by atoms with Crippen LogP contribution in [0.1, 0.15) is 18.0 Å². The number of amides is 1. The summed E-state index contributed by atoms with van der Waals surface area (Å²) in [6, 6.07) is 7.88. The maximum atomic E-state index is 11.7. The van der Waals surface area contributed by atoms with Gasteiger partial charge in [-0.25, -0.2) is 4.98 Å². The second-order valence-corrected chi connectivity index (χ2v) is 5.90. The van der Waals surface area contributed by atoms with Crippen LogP contribution in [0.3, 0.4) is 0 Å². The van der Waals surface area contributed by atoms with Crippen LogP contribution in [0.4, 0.5) is 0 Å². The minimum atomic E-state index is 0.0105. The number of likely N-dealkylation sites (N-methyl/N-ethyl adjacent to an activating group) is 1. The Morgan fingerprint density at radius 2 is 2.00 bits per heavy atom. The molecule has 0 unspecified atom stereocenters. The largest absolute Gasteiger partial charge is 0.440 e. The van der Waals surface area contributed by atoms with E-state index in [0.717, 1.165) is 28.0 Å². The molecule has 5 nitrogen and oxygen atoms in total. The summed E-state index contributed by atoms with van der Waals surface area (Å²) in [5.41, 5.74) is 1.82. The van der Waals surface area contributed by atoms with Gasteiger partial charge in [-0.15, -0.1) is 0 Å². The molecule has 0 aliphatic rings. The summed E-state index contributed by atoms with van der Waals surface area (Å²) in [4.78, 5) is 16.1. The zero-order valence-electron chi connectivity index (χ0n) is 12.8. The van der Waals surface area contributed by atoms with Crippen LogP contribution in [0, 0.1) is 6.92 Å². The van der Waals surface area contributed by atoms with Gasteiger partial charge in [0.05, 0.1) is 5.69 Å². The lowest BCUT2D eigenvalue weighted by atomic mass is 10.1. The van der Waals surface area contributed by atoms with E-state index >= 15 is 0 Å². The first-order valence-electron chi connectivity index (χ1n) is 7.23. The molecule has 22 heavy (non-hydrogen) atoms. The molecule has 0 aliphatic heterocycles. The van der Waals surface area contributed by atoms with E-state index in [0.29, 0.717) is 25.3 Å². The molecule has 1 aromatic heterocycles. The van der Waals surface area contributed by atoms with Crippen LogP contribution in [0.2, 0.25) is 0 Å². The van der Waals surface area contributed by atoms with Gasteiger partial charge in [-0.1, -0.05) is 28.1 Å². The van der Waals surface area contributed by atoms with Crippen molar-refractivity contribution in [2.24, 2.45) is 0 Å². The van der Waals surface area contributed by atoms with Crippen LogP contribution in [-0.4, -0.2) is 31.0 Å². The zero-order chi connectivity index (χ0) is 15.9. The van der Waals surface area contributed by atoms with Gasteiger partial charge in [0.2, 0.25) is 5.91 Å². The third-order valence-corrected chi connectivity index (χ3v) is 3.74. The van der Waals surface area contributed by atoms with Crippen LogP contribution < -0.4 is 10.6 Å². The molecule has 118 valence electrons. The number of rotatable bonds is 7. The highest BCUT2D eigenvalue weighted by molar-refractivity contribution is 9.10. The summed E-state index contributed by atoms with van der Waals surface area (Å²) in [6.07, 6.45) is 0.881. The zero-order valence-corrected chi connectivity index (χ0v) is 14.4. The van der Waals surface area contributed by atoms with Gasteiger partial charge < -0.3 is 15.1 Å². The fourth-order valence-corrected chi connectivity index (χ4v) is 2.33. The van der Waals surface area contributed by atoms with E-state index in [1.54, 1.807) is 0 Å². The standard InChI is InChI=1S/C16H20BrN3O2/c1-11-16(12-3-5-13(17)6-4-12)22-15(20-11)8-7-14(21)19-10-9-18-2/h3-6,18H,7-10H2,1-2H3,(H,19,21). The van der Waals surface area contributed by atoms with Crippen LogP contribution >= 0.6 is 15.9 Å². The van der Waals surface area contributed by atoms with Crippen molar-refractivity contribution >= 4 is 21.8 Å². The molecule has 0 atom stereocenters. The van der Waals surface area contributed by atoms with E-state index in [1.165, 1.54) is 0 Å². The quantitative estimate of drug-likeness (QED) is 0.740. The number of aryl methyl sites for hydroxylation is 2.